The zero-order valence-corrected chi connectivity index (χ0v) is 15.6. The summed E-state index contributed by atoms with van der Waals surface area (Å²) in [5.41, 5.74) is -0.600. The number of pyridine rings is 1. The largest absolute Gasteiger partial charge is 0.465 e. The van der Waals surface area contributed by atoms with Crippen LogP contribution < -0.4 is 5.56 Å². The number of halogens is 2. The fourth-order valence-electron chi connectivity index (χ4n) is 1.97. The second kappa shape index (κ2) is 6.65. The smallest absolute Gasteiger partial charge is 0.329 e. The molecule has 0 aliphatic rings. The third-order valence-electron chi connectivity index (χ3n) is 3.65. The molecule has 0 aromatic carbocycles. The fourth-order valence-corrected chi connectivity index (χ4v) is 3.47. The predicted octanol–water partition coefficient (Wildman–Crippen LogP) is 1.52. The van der Waals surface area contributed by atoms with Gasteiger partial charge < -0.3 is 9.30 Å². The molecule has 0 bridgehead atoms. The van der Waals surface area contributed by atoms with Crippen molar-refractivity contribution in [3.8, 4) is 0 Å². The molecule has 9 heteroatoms. The maximum Gasteiger partial charge on any atom is 0.329 e. The molecular weight excluding hydrogens is 428 g/mol. The van der Waals surface area contributed by atoms with E-state index in [-0.39, 0.29) is 10.2 Å². The van der Waals surface area contributed by atoms with Gasteiger partial charge in [-0.2, -0.15) is 0 Å². The van der Waals surface area contributed by atoms with Crippen molar-refractivity contribution in [2.45, 2.75) is 31.6 Å². The Morgan fingerprint density at radius 1 is 1.55 bits per heavy atom. The van der Waals surface area contributed by atoms with Crippen LogP contribution >= 0.6 is 22.6 Å². The SMILES string of the molecule is CCOC(=O)[C@@](C)(C(C)n1cc(F)c(I)cc1=O)S(C)(=O)=O. The average Bonchev–Trinajstić information content (AvgIpc) is 2.40. The molecule has 2 atom stereocenters. The first-order valence-corrected chi connectivity index (χ1v) is 9.37. The molecule has 0 spiro atoms. The van der Waals surface area contributed by atoms with Crippen molar-refractivity contribution in [1.29, 1.82) is 0 Å². The van der Waals surface area contributed by atoms with Crippen LogP contribution in [0.2, 0.25) is 0 Å². The van der Waals surface area contributed by atoms with Gasteiger partial charge in [0.1, 0.15) is 0 Å². The third-order valence-corrected chi connectivity index (χ3v) is 6.53. The molecule has 0 radical (unpaired) electrons. The molecule has 124 valence electrons. The van der Waals surface area contributed by atoms with Gasteiger partial charge in [-0.1, -0.05) is 0 Å². The van der Waals surface area contributed by atoms with E-state index in [9.17, 15) is 22.4 Å². The Hall–Kier alpha value is -0.970. The number of carbonyl (C=O) groups excluding carboxylic acids is 1. The summed E-state index contributed by atoms with van der Waals surface area (Å²) in [5.74, 6) is -1.65. The molecular formula is C13H17FINO5S. The van der Waals surface area contributed by atoms with Gasteiger partial charge in [0, 0.05) is 18.5 Å². The van der Waals surface area contributed by atoms with Gasteiger partial charge in [-0.15, -0.1) is 0 Å². The van der Waals surface area contributed by atoms with E-state index in [0.29, 0.717) is 0 Å². The molecule has 1 aromatic heterocycles. The second-order valence-electron chi connectivity index (χ2n) is 4.99. The average molecular weight is 445 g/mol. The number of carbonyl (C=O) groups is 1. The summed E-state index contributed by atoms with van der Waals surface area (Å²) in [5, 5.41) is 0. The van der Waals surface area contributed by atoms with Crippen LogP contribution in [-0.2, 0) is 19.4 Å². The van der Waals surface area contributed by atoms with Crippen molar-refractivity contribution >= 4 is 38.4 Å². The highest BCUT2D eigenvalue weighted by atomic mass is 127. The van der Waals surface area contributed by atoms with E-state index < -0.39 is 38.0 Å². The van der Waals surface area contributed by atoms with Crippen molar-refractivity contribution in [2.24, 2.45) is 0 Å². The normalized spacial score (nSPS) is 15.9. The molecule has 0 fully saturated rings. The summed E-state index contributed by atoms with van der Waals surface area (Å²) >= 11 is 1.66. The quantitative estimate of drug-likeness (QED) is 0.507. The standard InChI is InChI=1S/C13H17FINO5S/c1-5-21-12(18)13(3,22(4,19)20)8(2)16-7-9(14)10(15)6-11(16)17/h6-8H,5H2,1-4H3/t8?,13-/m1/s1. The molecule has 6 nitrogen and oxygen atoms in total. The van der Waals surface area contributed by atoms with Crippen LogP contribution in [0.4, 0.5) is 4.39 Å². The lowest BCUT2D eigenvalue weighted by molar-refractivity contribution is -0.147. The Morgan fingerprint density at radius 3 is 2.55 bits per heavy atom. The number of hydrogen-bond acceptors (Lipinski definition) is 5. The van der Waals surface area contributed by atoms with Gasteiger partial charge in [0.05, 0.1) is 16.2 Å². The molecule has 22 heavy (non-hydrogen) atoms. The maximum atomic E-state index is 13.7. The van der Waals surface area contributed by atoms with Crippen LogP contribution in [0.15, 0.2) is 17.1 Å². The van der Waals surface area contributed by atoms with Gasteiger partial charge in [0.25, 0.3) is 5.56 Å². The molecule has 1 aromatic rings. The van der Waals surface area contributed by atoms with Crippen LogP contribution in [0.5, 0.6) is 0 Å². The topological polar surface area (TPSA) is 82.4 Å². The van der Waals surface area contributed by atoms with Crippen molar-refractivity contribution in [3.63, 3.8) is 0 Å². The molecule has 0 aliphatic heterocycles. The Balaban J connectivity index is 3.55. The lowest BCUT2D eigenvalue weighted by Gasteiger charge is -2.32. The fraction of sp³-hybridized carbons (Fsp3) is 0.538. The number of nitrogens with zero attached hydrogens (tertiary/aromatic N) is 1. The summed E-state index contributed by atoms with van der Waals surface area (Å²) in [6.45, 7) is 4.08. The summed E-state index contributed by atoms with van der Waals surface area (Å²) < 4.78 is 41.8. The third kappa shape index (κ3) is 3.34. The minimum Gasteiger partial charge on any atom is -0.465 e. The van der Waals surface area contributed by atoms with E-state index in [4.69, 9.17) is 4.74 Å². The van der Waals surface area contributed by atoms with E-state index in [0.717, 1.165) is 23.1 Å². The minimum absolute atomic E-state index is 0.00733. The highest BCUT2D eigenvalue weighted by Crippen LogP contribution is 2.31. The monoisotopic (exact) mass is 445 g/mol. The van der Waals surface area contributed by atoms with Gasteiger partial charge in [-0.25, -0.2) is 12.8 Å². The van der Waals surface area contributed by atoms with E-state index >= 15 is 0 Å². The van der Waals surface area contributed by atoms with Crippen molar-refractivity contribution < 1.29 is 22.3 Å². The van der Waals surface area contributed by atoms with E-state index in [2.05, 4.69) is 0 Å². The number of rotatable bonds is 5. The molecule has 0 aliphatic carbocycles. The first-order valence-electron chi connectivity index (χ1n) is 6.40. The predicted molar refractivity (Wildman–Crippen MR) is 88.0 cm³/mol. The van der Waals surface area contributed by atoms with Crippen molar-refractivity contribution in [2.75, 3.05) is 12.9 Å². The van der Waals surface area contributed by atoms with Crippen molar-refractivity contribution in [3.05, 3.63) is 32.0 Å². The first kappa shape index (κ1) is 19.1. The zero-order chi connectivity index (χ0) is 17.3. The summed E-state index contributed by atoms with van der Waals surface area (Å²) in [6.07, 6.45) is 1.78. The second-order valence-corrected chi connectivity index (χ2v) is 8.55. The van der Waals surface area contributed by atoms with Crippen LogP contribution in [0.25, 0.3) is 0 Å². The van der Waals surface area contributed by atoms with Crippen LogP contribution in [-0.4, -0.2) is 36.6 Å². The van der Waals surface area contributed by atoms with Crippen LogP contribution in [0, 0.1) is 9.39 Å². The van der Waals surface area contributed by atoms with Gasteiger partial charge >= 0.3 is 5.97 Å². The minimum atomic E-state index is -3.93. The van der Waals surface area contributed by atoms with E-state index in [1.54, 1.807) is 29.5 Å². The molecule has 1 heterocycles. The van der Waals surface area contributed by atoms with Gasteiger partial charge in [0.2, 0.25) is 0 Å². The van der Waals surface area contributed by atoms with Crippen LogP contribution in [0.3, 0.4) is 0 Å². The summed E-state index contributed by atoms with van der Waals surface area (Å²) in [7, 11) is -3.93. The number of ether oxygens (including phenoxy) is 1. The van der Waals surface area contributed by atoms with E-state index in [1.807, 2.05) is 0 Å². The van der Waals surface area contributed by atoms with E-state index in [1.165, 1.54) is 13.8 Å². The Morgan fingerprint density at radius 2 is 2.09 bits per heavy atom. The summed E-state index contributed by atoms with van der Waals surface area (Å²) in [4.78, 5) is 24.2. The molecule has 0 N–H and O–H groups in total. The first-order chi connectivity index (χ1) is 9.96. The maximum absolute atomic E-state index is 13.7. The Labute approximate surface area is 141 Å². The number of sulfone groups is 1. The van der Waals surface area contributed by atoms with Gasteiger partial charge in [-0.3, -0.25) is 9.59 Å². The molecule has 0 saturated heterocycles. The molecule has 1 unspecified atom stereocenters. The lowest BCUT2D eigenvalue weighted by atomic mass is 10.0. The molecule has 0 saturated carbocycles. The number of esters is 1. The molecule has 1 rings (SSSR count). The Kier molecular flexibility index (Phi) is 5.77. The lowest BCUT2D eigenvalue weighted by Crippen LogP contribution is -2.52. The van der Waals surface area contributed by atoms with Gasteiger partial charge in [-0.05, 0) is 43.4 Å². The van der Waals surface area contributed by atoms with Crippen molar-refractivity contribution in [1.82, 2.24) is 4.57 Å². The summed E-state index contributed by atoms with van der Waals surface area (Å²) in [6, 6.07) is -0.0965. The van der Waals surface area contributed by atoms with Crippen LogP contribution in [0.1, 0.15) is 26.8 Å². The number of hydrogen-bond donors (Lipinski definition) is 0. The highest BCUT2D eigenvalue weighted by molar-refractivity contribution is 14.1. The van der Waals surface area contributed by atoms with Gasteiger partial charge in [0.15, 0.2) is 20.4 Å². The Bertz CT molecular complexity index is 745. The number of aromatic nitrogens is 1. The molecule has 0 amide bonds. The highest BCUT2D eigenvalue weighted by Gasteiger charge is 2.51. The zero-order valence-electron chi connectivity index (χ0n) is 12.6.